The third-order valence-electron chi connectivity index (χ3n) is 4.45. The first-order valence-electron chi connectivity index (χ1n) is 9.65. The molecule has 0 bridgehead atoms. The summed E-state index contributed by atoms with van der Waals surface area (Å²) >= 11 is 1.45. The molecule has 0 aliphatic carbocycles. The van der Waals surface area contributed by atoms with Gasteiger partial charge < -0.3 is 4.74 Å². The van der Waals surface area contributed by atoms with Gasteiger partial charge >= 0.3 is 5.69 Å². The summed E-state index contributed by atoms with van der Waals surface area (Å²) in [6, 6.07) is 7.83. The molecule has 0 aliphatic rings. The average Bonchev–Trinajstić information content (AvgIpc) is 2.68. The number of fused-ring (bicyclic) bond motifs is 1. The van der Waals surface area contributed by atoms with Gasteiger partial charge in [-0.1, -0.05) is 32.0 Å². The largest absolute Gasteiger partial charge is 0.494 e. The van der Waals surface area contributed by atoms with Crippen LogP contribution in [0.2, 0.25) is 0 Å². The fourth-order valence-corrected chi connectivity index (χ4v) is 4.19. The Balaban J connectivity index is 2.13. The zero-order valence-corrected chi connectivity index (χ0v) is 18.2. The van der Waals surface area contributed by atoms with Crippen LogP contribution < -0.4 is 16.0 Å². The molecule has 0 amide bonds. The summed E-state index contributed by atoms with van der Waals surface area (Å²) in [5.41, 5.74) is 0.702. The third kappa shape index (κ3) is 4.37. The first-order valence-corrected chi connectivity index (χ1v) is 10.6. The molecule has 0 N–H and O–H groups in total. The number of para-hydroxylation sites is 1. The van der Waals surface area contributed by atoms with Crippen molar-refractivity contribution in [1.29, 1.82) is 0 Å². The Kier molecular flexibility index (Phi) is 6.42. The Morgan fingerprint density at radius 2 is 1.90 bits per heavy atom. The fourth-order valence-electron chi connectivity index (χ4n) is 3.14. The molecule has 8 heteroatoms. The summed E-state index contributed by atoms with van der Waals surface area (Å²) in [5, 5.41) is 0.967. The molecule has 154 valence electrons. The lowest BCUT2D eigenvalue weighted by molar-refractivity contribution is 0.337. The van der Waals surface area contributed by atoms with Gasteiger partial charge in [-0.3, -0.25) is 13.9 Å². The van der Waals surface area contributed by atoms with Gasteiger partial charge in [0, 0.05) is 24.9 Å². The summed E-state index contributed by atoms with van der Waals surface area (Å²) < 4.78 is 8.42. The minimum atomic E-state index is -0.370. The van der Waals surface area contributed by atoms with Gasteiger partial charge in [-0.05, 0) is 25.8 Å². The topological polar surface area (TPSA) is 79.0 Å². The molecular weight excluding hydrogens is 388 g/mol. The smallest absolute Gasteiger partial charge is 0.332 e. The van der Waals surface area contributed by atoms with Gasteiger partial charge in [0.2, 0.25) is 0 Å². The first kappa shape index (κ1) is 21.1. The number of rotatable bonds is 7. The van der Waals surface area contributed by atoms with E-state index >= 15 is 0 Å². The van der Waals surface area contributed by atoms with Crippen LogP contribution in [0.5, 0.6) is 5.75 Å². The van der Waals surface area contributed by atoms with Crippen LogP contribution in [-0.4, -0.2) is 25.7 Å². The molecule has 0 radical (unpaired) electrons. The van der Waals surface area contributed by atoms with Gasteiger partial charge in [-0.15, -0.1) is 11.8 Å². The molecule has 1 aromatic carbocycles. The van der Waals surface area contributed by atoms with Crippen molar-refractivity contribution in [2.75, 3.05) is 6.61 Å². The Bertz CT molecular complexity index is 1150. The van der Waals surface area contributed by atoms with Gasteiger partial charge in [0.25, 0.3) is 5.56 Å². The maximum absolute atomic E-state index is 12.9. The Hall–Kier alpha value is -2.61. The number of aromatic nitrogens is 4. The van der Waals surface area contributed by atoms with Crippen molar-refractivity contribution in [3.05, 3.63) is 56.5 Å². The second kappa shape index (κ2) is 8.82. The van der Waals surface area contributed by atoms with Gasteiger partial charge in [0.15, 0.2) is 5.65 Å². The van der Waals surface area contributed by atoms with Crippen molar-refractivity contribution < 1.29 is 4.74 Å². The molecule has 3 aromatic rings. The molecular formula is C21H26N4O3S. The van der Waals surface area contributed by atoms with Gasteiger partial charge in [-0.2, -0.15) is 0 Å². The molecule has 3 rings (SSSR count). The number of hydrogen-bond donors (Lipinski definition) is 0. The zero-order valence-electron chi connectivity index (χ0n) is 17.4. The molecule has 0 unspecified atom stereocenters. The van der Waals surface area contributed by atoms with E-state index in [4.69, 9.17) is 4.74 Å². The lowest BCUT2D eigenvalue weighted by atomic mass is 10.2. The monoisotopic (exact) mass is 414 g/mol. The van der Waals surface area contributed by atoms with E-state index in [1.165, 1.54) is 18.8 Å². The number of aryl methyl sites for hydroxylation is 1. The average molecular weight is 415 g/mol. The van der Waals surface area contributed by atoms with Crippen LogP contribution in [0.15, 0.2) is 38.9 Å². The van der Waals surface area contributed by atoms with Crippen molar-refractivity contribution in [3.63, 3.8) is 0 Å². The predicted octanol–water partition coefficient (Wildman–Crippen LogP) is 3.15. The number of ether oxygens (including phenoxy) is 1. The normalized spacial score (nSPS) is 11.4. The highest BCUT2D eigenvalue weighted by atomic mass is 32.2. The summed E-state index contributed by atoms with van der Waals surface area (Å²) in [5.74, 6) is 2.18. The Morgan fingerprint density at radius 3 is 2.59 bits per heavy atom. The van der Waals surface area contributed by atoms with Gasteiger partial charge in [-0.25, -0.2) is 14.8 Å². The summed E-state index contributed by atoms with van der Waals surface area (Å²) in [4.78, 5) is 34.6. The summed E-state index contributed by atoms with van der Waals surface area (Å²) in [7, 11) is 1.50. The van der Waals surface area contributed by atoms with E-state index in [1.54, 1.807) is 11.5 Å². The van der Waals surface area contributed by atoms with Crippen molar-refractivity contribution in [2.45, 2.75) is 45.0 Å². The van der Waals surface area contributed by atoms with Crippen LogP contribution in [0.25, 0.3) is 11.0 Å². The number of nitrogens with zero attached hydrogens (tertiary/aromatic N) is 4. The standard InChI is InChI=1S/C21H26N4O3S/c1-6-28-16-10-8-7-9-15(16)12-29-19-17-18(22-14(4)23-19)25(11-13(2)3)21(27)24(5)20(17)26/h7-10,13H,6,11-12H2,1-5H3. The molecule has 0 fully saturated rings. The Labute approximate surface area is 173 Å². The van der Waals surface area contributed by atoms with Crippen molar-refractivity contribution in [2.24, 2.45) is 13.0 Å². The zero-order chi connectivity index (χ0) is 21.1. The fraction of sp³-hybridized carbons (Fsp3) is 0.429. The highest BCUT2D eigenvalue weighted by molar-refractivity contribution is 7.98. The van der Waals surface area contributed by atoms with E-state index in [9.17, 15) is 9.59 Å². The quantitative estimate of drug-likeness (QED) is 0.437. The predicted molar refractivity (Wildman–Crippen MR) is 116 cm³/mol. The molecule has 29 heavy (non-hydrogen) atoms. The third-order valence-corrected chi connectivity index (χ3v) is 5.47. The van der Waals surface area contributed by atoms with Crippen LogP contribution in [0.4, 0.5) is 0 Å². The van der Waals surface area contributed by atoms with E-state index in [0.29, 0.717) is 40.8 Å². The number of benzene rings is 1. The molecule has 0 aliphatic heterocycles. The van der Waals surface area contributed by atoms with Gasteiger partial charge in [0.05, 0.1) is 6.61 Å². The second-order valence-corrected chi connectivity index (χ2v) is 8.22. The van der Waals surface area contributed by atoms with E-state index in [2.05, 4.69) is 9.97 Å². The van der Waals surface area contributed by atoms with Crippen molar-refractivity contribution in [1.82, 2.24) is 19.1 Å². The lowest BCUT2D eigenvalue weighted by Gasteiger charge is -2.15. The molecule has 2 aromatic heterocycles. The van der Waals surface area contributed by atoms with Crippen LogP contribution >= 0.6 is 11.8 Å². The number of hydrogen-bond acceptors (Lipinski definition) is 6. The van der Waals surface area contributed by atoms with Crippen molar-refractivity contribution in [3.8, 4) is 5.75 Å². The van der Waals surface area contributed by atoms with Gasteiger partial charge in [0.1, 0.15) is 22.0 Å². The number of thioether (sulfide) groups is 1. The molecule has 0 spiro atoms. The molecule has 2 heterocycles. The van der Waals surface area contributed by atoms with E-state index in [1.807, 2.05) is 45.0 Å². The molecule has 0 atom stereocenters. The summed E-state index contributed by atoms with van der Waals surface area (Å²) in [6.45, 7) is 8.84. The van der Waals surface area contributed by atoms with Crippen LogP contribution in [0.3, 0.4) is 0 Å². The van der Waals surface area contributed by atoms with E-state index in [-0.39, 0.29) is 17.2 Å². The molecule has 0 saturated carbocycles. The highest BCUT2D eigenvalue weighted by Crippen LogP contribution is 2.29. The SMILES string of the molecule is CCOc1ccccc1CSc1nc(C)nc2c1c(=O)n(C)c(=O)n2CC(C)C. The minimum Gasteiger partial charge on any atom is -0.494 e. The summed E-state index contributed by atoms with van der Waals surface area (Å²) in [6.07, 6.45) is 0. The lowest BCUT2D eigenvalue weighted by Crippen LogP contribution is -2.39. The second-order valence-electron chi connectivity index (χ2n) is 7.26. The van der Waals surface area contributed by atoms with E-state index < -0.39 is 0 Å². The van der Waals surface area contributed by atoms with Crippen molar-refractivity contribution >= 4 is 22.8 Å². The van der Waals surface area contributed by atoms with Crippen LogP contribution in [0, 0.1) is 12.8 Å². The van der Waals surface area contributed by atoms with Crippen LogP contribution in [-0.2, 0) is 19.3 Å². The highest BCUT2D eigenvalue weighted by Gasteiger charge is 2.19. The maximum Gasteiger partial charge on any atom is 0.332 e. The minimum absolute atomic E-state index is 0.234. The molecule has 0 saturated heterocycles. The van der Waals surface area contributed by atoms with E-state index in [0.717, 1.165) is 15.9 Å². The van der Waals surface area contributed by atoms with Crippen LogP contribution in [0.1, 0.15) is 32.2 Å². The maximum atomic E-state index is 12.9. The Morgan fingerprint density at radius 1 is 1.17 bits per heavy atom. The molecule has 7 nitrogen and oxygen atoms in total. The first-order chi connectivity index (χ1) is 13.8.